The Balaban J connectivity index is 1.58. The van der Waals surface area contributed by atoms with Crippen LogP contribution in [0.1, 0.15) is 5.56 Å². The summed E-state index contributed by atoms with van der Waals surface area (Å²) in [5.74, 6) is 0. The molecule has 0 radical (unpaired) electrons. The van der Waals surface area contributed by atoms with E-state index in [1.165, 1.54) is 4.68 Å². The molecule has 0 aliphatic rings. The smallest absolute Gasteiger partial charge is 0.279 e. The number of anilines is 1. The maximum Gasteiger partial charge on any atom is 0.279 e. The minimum absolute atomic E-state index is 0.156. The summed E-state index contributed by atoms with van der Waals surface area (Å²) in [5.41, 5.74) is 4.05. The number of hydrogen-bond donors (Lipinski definition) is 1. The number of pyridine rings is 1. The van der Waals surface area contributed by atoms with Gasteiger partial charge in [-0.05, 0) is 60.7 Å². The number of aromatic amines is 1. The molecule has 160 valence electrons. The molecule has 0 atom stereocenters. The molecule has 4 aromatic rings. The summed E-state index contributed by atoms with van der Waals surface area (Å²) in [7, 11) is 5.93. The molecule has 2 aromatic carbocycles. The molecule has 0 amide bonds. The van der Waals surface area contributed by atoms with Crippen LogP contribution in [-0.2, 0) is 7.05 Å². The van der Waals surface area contributed by atoms with E-state index in [2.05, 4.69) is 21.9 Å². The van der Waals surface area contributed by atoms with Gasteiger partial charge in [-0.25, -0.2) is 9.25 Å². The van der Waals surface area contributed by atoms with Gasteiger partial charge in [0, 0.05) is 31.4 Å². The molecule has 0 bridgehead atoms. The van der Waals surface area contributed by atoms with Crippen molar-refractivity contribution in [3.63, 3.8) is 0 Å². The monoisotopic (exact) mass is 425 g/mol. The predicted molar refractivity (Wildman–Crippen MR) is 127 cm³/mol. The molecule has 0 fully saturated rings. The molecular weight excluding hydrogens is 400 g/mol. The number of azo groups is 1. The number of H-pyrrole nitrogens is 1. The van der Waals surface area contributed by atoms with E-state index in [-0.39, 0.29) is 5.56 Å². The zero-order valence-corrected chi connectivity index (χ0v) is 18.4. The summed E-state index contributed by atoms with van der Waals surface area (Å²) in [6.45, 7) is 3.99. The van der Waals surface area contributed by atoms with Crippen LogP contribution in [0.2, 0.25) is 0 Å². The Kier molecular flexibility index (Phi) is 5.81. The van der Waals surface area contributed by atoms with Gasteiger partial charge in [0.2, 0.25) is 0 Å². The Morgan fingerprint density at radius 2 is 1.62 bits per heavy atom. The fraction of sp³-hybridized carbons (Fsp3) is 0.120. The maximum atomic E-state index is 13.0. The van der Waals surface area contributed by atoms with Crippen LogP contribution >= 0.6 is 0 Å². The third-order valence-corrected chi connectivity index (χ3v) is 5.03. The number of nitrogens with one attached hydrogen (secondary N) is 1. The number of benzene rings is 2. The highest BCUT2D eigenvalue weighted by molar-refractivity contribution is 5.52. The lowest BCUT2D eigenvalue weighted by Crippen LogP contribution is -2.34. The number of nitrogens with zero attached hydrogens (tertiary/aromatic N) is 5. The van der Waals surface area contributed by atoms with Gasteiger partial charge in [-0.1, -0.05) is 6.58 Å². The van der Waals surface area contributed by atoms with Crippen molar-refractivity contribution in [2.24, 2.45) is 17.3 Å². The van der Waals surface area contributed by atoms with E-state index in [4.69, 9.17) is 0 Å². The van der Waals surface area contributed by atoms with Crippen molar-refractivity contribution >= 4 is 29.7 Å². The fourth-order valence-corrected chi connectivity index (χ4v) is 3.29. The van der Waals surface area contributed by atoms with Crippen molar-refractivity contribution in [1.29, 1.82) is 0 Å². The zero-order valence-electron chi connectivity index (χ0n) is 18.4. The average molecular weight is 426 g/mol. The van der Waals surface area contributed by atoms with Gasteiger partial charge in [-0.2, -0.15) is 10.2 Å². The van der Waals surface area contributed by atoms with Crippen molar-refractivity contribution < 1.29 is 4.57 Å². The molecule has 7 nitrogen and oxygen atoms in total. The van der Waals surface area contributed by atoms with Crippen molar-refractivity contribution in [2.45, 2.75) is 0 Å². The second-order valence-electron chi connectivity index (χ2n) is 7.72. The largest absolute Gasteiger partial charge is 0.378 e. The van der Waals surface area contributed by atoms with E-state index < -0.39 is 0 Å². The normalized spacial score (nSPS) is 11.9. The molecule has 0 aliphatic heterocycles. The topological polar surface area (TPSA) is 69.6 Å². The van der Waals surface area contributed by atoms with Crippen LogP contribution in [0.25, 0.3) is 18.3 Å². The van der Waals surface area contributed by atoms with E-state index >= 15 is 0 Å². The third-order valence-electron chi connectivity index (χ3n) is 5.03. The van der Waals surface area contributed by atoms with Crippen LogP contribution in [0.4, 0.5) is 17.1 Å². The summed E-state index contributed by atoms with van der Waals surface area (Å²) in [4.78, 5) is 15.0. The standard InChI is InChI=1S/C25H25N6O/c1-18-24(16-19-6-5-15-30(4)17-19)25(32)31(28-18)23-13-9-21(10-14-23)27-26-20-7-11-22(12-8-20)29(2)3/h5-17,28H,1H2,2-4H3/q+1. The van der Waals surface area contributed by atoms with Crippen LogP contribution in [0.3, 0.4) is 0 Å². The number of rotatable bonds is 5. The van der Waals surface area contributed by atoms with Crippen LogP contribution in [0.5, 0.6) is 0 Å². The summed E-state index contributed by atoms with van der Waals surface area (Å²) in [6.07, 6.45) is 5.72. The van der Waals surface area contributed by atoms with E-state index in [0.717, 1.165) is 16.9 Å². The van der Waals surface area contributed by atoms with Crippen molar-refractivity contribution in [1.82, 2.24) is 9.78 Å². The lowest BCUT2D eigenvalue weighted by molar-refractivity contribution is -0.671. The Hall–Kier alpha value is -4.26. The second-order valence-corrected chi connectivity index (χ2v) is 7.72. The Morgan fingerprint density at radius 3 is 2.22 bits per heavy atom. The Bertz CT molecular complexity index is 1430. The lowest BCUT2D eigenvalue weighted by Gasteiger charge is -2.11. The van der Waals surface area contributed by atoms with Gasteiger partial charge in [0.1, 0.15) is 7.05 Å². The summed E-state index contributed by atoms with van der Waals surface area (Å²) < 4.78 is 3.42. The summed E-state index contributed by atoms with van der Waals surface area (Å²) in [6, 6.07) is 19.0. The second kappa shape index (κ2) is 8.85. The van der Waals surface area contributed by atoms with Crippen LogP contribution in [0, 0.1) is 0 Å². The van der Waals surface area contributed by atoms with Crippen molar-refractivity contribution in [3.05, 3.63) is 99.5 Å². The number of hydrogen-bond acceptors (Lipinski definition) is 4. The molecular formula is C25H25N6O+. The van der Waals surface area contributed by atoms with Crippen molar-refractivity contribution in [2.75, 3.05) is 19.0 Å². The quantitative estimate of drug-likeness (QED) is 0.395. The van der Waals surface area contributed by atoms with Gasteiger partial charge >= 0.3 is 0 Å². The first-order valence-electron chi connectivity index (χ1n) is 10.2. The first-order chi connectivity index (χ1) is 15.4. The molecule has 0 saturated carbocycles. The number of aryl methyl sites for hydroxylation is 1. The summed E-state index contributed by atoms with van der Waals surface area (Å²) in [5, 5.41) is 12.7. The van der Waals surface area contributed by atoms with Crippen molar-refractivity contribution in [3.8, 4) is 5.69 Å². The molecule has 0 saturated heterocycles. The molecule has 0 aliphatic carbocycles. The van der Waals surface area contributed by atoms with Gasteiger partial charge in [-0.15, -0.1) is 0 Å². The molecule has 0 spiro atoms. The van der Waals surface area contributed by atoms with E-state index in [9.17, 15) is 4.79 Å². The molecule has 7 heteroatoms. The van der Waals surface area contributed by atoms with E-state index in [1.54, 1.807) is 0 Å². The third kappa shape index (κ3) is 4.57. The molecule has 2 heterocycles. The van der Waals surface area contributed by atoms with Gasteiger partial charge in [0.25, 0.3) is 5.56 Å². The summed E-state index contributed by atoms with van der Waals surface area (Å²) >= 11 is 0. The Morgan fingerprint density at radius 1 is 1.00 bits per heavy atom. The lowest BCUT2D eigenvalue weighted by atomic mass is 10.2. The highest BCUT2D eigenvalue weighted by Crippen LogP contribution is 2.21. The van der Waals surface area contributed by atoms with E-state index in [0.29, 0.717) is 21.9 Å². The van der Waals surface area contributed by atoms with Crippen LogP contribution in [0.15, 0.2) is 88.1 Å². The van der Waals surface area contributed by atoms with Gasteiger partial charge in [-0.3, -0.25) is 9.89 Å². The SMILES string of the molecule is C=c1[nH]n(-c2ccc(N=Nc3ccc(N(C)C)cc3)cc2)c(=O)c1=Cc1ccc[n+](C)c1. The van der Waals surface area contributed by atoms with Crippen LogP contribution in [-0.4, -0.2) is 23.9 Å². The molecule has 32 heavy (non-hydrogen) atoms. The highest BCUT2D eigenvalue weighted by Gasteiger charge is 2.06. The minimum Gasteiger partial charge on any atom is -0.378 e. The van der Waals surface area contributed by atoms with E-state index in [1.807, 2.05) is 110 Å². The first-order valence-corrected chi connectivity index (χ1v) is 10.2. The average Bonchev–Trinajstić information content (AvgIpc) is 3.06. The molecule has 0 unspecified atom stereocenters. The molecule has 4 rings (SSSR count). The highest BCUT2D eigenvalue weighted by atomic mass is 16.1. The van der Waals surface area contributed by atoms with Gasteiger partial charge in [0.15, 0.2) is 12.4 Å². The zero-order chi connectivity index (χ0) is 22.7. The predicted octanol–water partition coefficient (Wildman–Crippen LogP) is 2.71. The first kappa shape index (κ1) is 21.0. The minimum atomic E-state index is -0.156. The molecule has 1 N–H and O–H groups in total. The maximum absolute atomic E-state index is 13.0. The Labute approximate surface area is 185 Å². The fourth-order valence-electron chi connectivity index (χ4n) is 3.29. The van der Waals surface area contributed by atoms with Gasteiger partial charge in [0.05, 0.1) is 27.6 Å². The number of aromatic nitrogens is 3. The molecule has 2 aromatic heterocycles. The van der Waals surface area contributed by atoms with Crippen LogP contribution < -0.4 is 25.6 Å². The van der Waals surface area contributed by atoms with Gasteiger partial charge < -0.3 is 4.90 Å².